The highest BCUT2D eigenvalue weighted by atomic mass is 35.5. The Morgan fingerprint density at radius 2 is 1.86 bits per heavy atom. The van der Waals surface area contributed by atoms with Gasteiger partial charge in [0.1, 0.15) is 12.4 Å². The van der Waals surface area contributed by atoms with Gasteiger partial charge in [0.25, 0.3) is 0 Å². The van der Waals surface area contributed by atoms with Crippen molar-refractivity contribution in [1.82, 2.24) is 5.32 Å². The number of nitrogens with one attached hydrogen (secondary N) is 1. The molecule has 116 valence electrons. The zero-order valence-corrected chi connectivity index (χ0v) is 13.2. The molecule has 0 aromatic heterocycles. The number of ether oxygens (including phenoxy) is 1. The van der Waals surface area contributed by atoms with Crippen molar-refractivity contribution in [2.75, 3.05) is 12.8 Å². The minimum absolute atomic E-state index is 0.0154. The molecule has 0 unspecified atom stereocenters. The lowest BCUT2D eigenvalue weighted by Gasteiger charge is -2.10. The molecule has 0 fully saturated rings. The van der Waals surface area contributed by atoms with E-state index in [1.54, 1.807) is 7.05 Å². The maximum atomic E-state index is 11.2. The minimum Gasteiger partial charge on any atom is -0.487 e. The second-order valence-corrected chi connectivity index (χ2v) is 5.40. The topological polar surface area (TPSA) is 64.3 Å². The van der Waals surface area contributed by atoms with Crippen LogP contribution in [0, 0.1) is 0 Å². The number of carbonyl (C=O) groups is 1. The third kappa shape index (κ3) is 4.67. The highest BCUT2D eigenvalue weighted by molar-refractivity contribution is 6.30. The fourth-order valence-electron chi connectivity index (χ4n) is 2.01. The Hall–Kier alpha value is -2.20. The van der Waals surface area contributed by atoms with Crippen molar-refractivity contribution in [2.24, 2.45) is 0 Å². The van der Waals surface area contributed by atoms with Crippen molar-refractivity contribution in [3.63, 3.8) is 0 Å². The Kier molecular flexibility index (Phi) is 5.67. The first-order chi connectivity index (χ1) is 10.6. The van der Waals surface area contributed by atoms with Crippen molar-refractivity contribution in [3.05, 3.63) is 58.6 Å². The Labute approximate surface area is 135 Å². The number of anilines is 1. The first kappa shape index (κ1) is 16.2. The van der Waals surface area contributed by atoms with Gasteiger partial charge in [0, 0.05) is 18.5 Å². The highest BCUT2D eigenvalue weighted by Crippen LogP contribution is 2.24. The molecule has 0 saturated carbocycles. The average molecular weight is 319 g/mol. The summed E-state index contributed by atoms with van der Waals surface area (Å²) in [5.74, 6) is 0.653. The number of rotatable bonds is 6. The van der Waals surface area contributed by atoms with Gasteiger partial charge in [-0.1, -0.05) is 29.8 Å². The predicted octanol–water partition coefficient (Wildman–Crippen LogP) is 3.18. The van der Waals surface area contributed by atoms with E-state index < -0.39 is 0 Å². The first-order valence-corrected chi connectivity index (χ1v) is 7.42. The summed E-state index contributed by atoms with van der Waals surface area (Å²) in [6, 6.07) is 13.1. The summed E-state index contributed by atoms with van der Waals surface area (Å²) in [5.41, 5.74) is 8.61. The number of nitrogen functional groups attached to an aromatic ring is 1. The molecule has 0 aliphatic rings. The Balaban J connectivity index is 1.94. The maximum absolute atomic E-state index is 11.2. The fraction of sp³-hybridized carbons (Fsp3) is 0.235. The number of amides is 1. The van der Waals surface area contributed by atoms with Gasteiger partial charge >= 0.3 is 0 Å². The van der Waals surface area contributed by atoms with Crippen LogP contribution in [-0.4, -0.2) is 13.0 Å². The lowest BCUT2D eigenvalue weighted by Crippen LogP contribution is -2.17. The van der Waals surface area contributed by atoms with E-state index in [1.165, 1.54) is 0 Å². The standard InChI is InChI=1S/C17H19ClN2O2/c1-20-17(21)9-5-12-4-8-16(15(19)10-12)22-11-13-2-6-14(18)7-3-13/h2-4,6-8,10H,5,9,11,19H2,1H3,(H,20,21). The summed E-state index contributed by atoms with van der Waals surface area (Å²) in [5, 5.41) is 3.30. The zero-order valence-electron chi connectivity index (χ0n) is 12.4. The predicted molar refractivity (Wildman–Crippen MR) is 89.0 cm³/mol. The van der Waals surface area contributed by atoms with Gasteiger partial charge in [-0.15, -0.1) is 0 Å². The SMILES string of the molecule is CNC(=O)CCc1ccc(OCc2ccc(Cl)cc2)c(N)c1. The van der Waals surface area contributed by atoms with Crippen LogP contribution in [0.25, 0.3) is 0 Å². The second-order valence-electron chi connectivity index (χ2n) is 4.96. The molecular formula is C17H19ClN2O2. The molecule has 5 heteroatoms. The molecule has 0 saturated heterocycles. The molecule has 0 aliphatic heterocycles. The summed E-state index contributed by atoms with van der Waals surface area (Å²) in [6.45, 7) is 0.430. The Morgan fingerprint density at radius 3 is 2.50 bits per heavy atom. The third-order valence-electron chi connectivity index (χ3n) is 3.30. The van der Waals surface area contributed by atoms with Crippen LogP contribution in [0.15, 0.2) is 42.5 Å². The van der Waals surface area contributed by atoms with Crippen LogP contribution >= 0.6 is 11.6 Å². The zero-order chi connectivity index (χ0) is 15.9. The molecular weight excluding hydrogens is 300 g/mol. The van der Waals surface area contributed by atoms with Gasteiger partial charge in [0.15, 0.2) is 0 Å². The van der Waals surface area contributed by atoms with E-state index in [-0.39, 0.29) is 5.91 Å². The first-order valence-electron chi connectivity index (χ1n) is 7.04. The molecule has 0 heterocycles. The molecule has 3 N–H and O–H groups in total. The molecule has 0 aliphatic carbocycles. The summed E-state index contributed by atoms with van der Waals surface area (Å²) >= 11 is 5.84. The number of aryl methyl sites for hydroxylation is 1. The molecule has 0 atom stereocenters. The molecule has 22 heavy (non-hydrogen) atoms. The van der Waals surface area contributed by atoms with E-state index in [0.717, 1.165) is 11.1 Å². The van der Waals surface area contributed by atoms with Crippen LogP contribution in [-0.2, 0) is 17.8 Å². The second kappa shape index (κ2) is 7.71. The molecule has 2 aromatic carbocycles. The van der Waals surface area contributed by atoms with Crippen molar-refractivity contribution in [3.8, 4) is 5.75 Å². The molecule has 2 aromatic rings. The number of benzene rings is 2. The van der Waals surface area contributed by atoms with Crippen molar-refractivity contribution in [2.45, 2.75) is 19.4 Å². The van der Waals surface area contributed by atoms with Crippen LogP contribution < -0.4 is 15.8 Å². The van der Waals surface area contributed by atoms with Gasteiger partial charge in [0.05, 0.1) is 5.69 Å². The van der Waals surface area contributed by atoms with Crippen LogP contribution in [0.3, 0.4) is 0 Å². The molecule has 0 radical (unpaired) electrons. The van der Waals surface area contributed by atoms with E-state index in [9.17, 15) is 4.79 Å². The summed E-state index contributed by atoms with van der Waals surface area (Å²) in [6.07, 6.45) is 1.10. The molecule has 1 amide bonds. The van der Waals surface area contributed by atoms with Crippen LogP contribution in [0.4, 0.5) is 5.69 Å². The lowest BCUT2D eigenvalue weighted by atomic mass is 10.1. The lowest BCUT2D eigenvalue weighted by molar-refractivity contribution is -0.120. The Bertz CT molecular complexity index is 642. The summed E-state index contributed by atoms with van der Waals surface area (Å²) < 4.78 is 5.72. The largest absolute Gasteiger partial charge is 0.487 e. The quantitative estimate of drug-likeness (QED) is 0.804. The van der Waals surface area contributed by atoms with E-state index >= 15 is 0 Å². The van der Waals surface area contributed by atoms with Crippen molar-refractivity contribution in [1.29, 1.82) is 0 Å². The van der Waals surface area contributed by atoms with Gasteiger partial charge < -0.3 is 15.8 Å². The Morgan fingerprint density at radius 1 is 1.18 bits per heavy atom. The number of nitrogens with two attached hydrogens (primary N) is 1. The van der Waals surface area contributed by atoms with Crippen LogP contribution in [0.1, 0.15) is 17.5 Å². The van der Waals surface area contributed by atoms with Gasteiger partial charge in [0.2, 0.25) is 5.91 Å². The van der Waals surface area contributed by atoms with Gasteiger partial charge in [-0.2, -0.15) is 0 Å². The van der Waals surface area contributed by atoms with E-state index in [4.69, 9.17) is 22.1 Å². The van der Waals surface area contributed by atoms with E-state index in [0.29, 0.717) is 35.9 Å². The summed E-state index contributed by atoms with van der Waals surface area (Å²) in [7, 11) is 1.63. The smallest absolute Gasteiger partial charge is 0.220 e. The highest BCUT2D eigenvalue weighted by Gasteiger charge is 2.05. The van der Waals surface area contributed by atoms with Crippen LogP contribution in [0.2, 0.25) is 5.02 Å². The summed E-state index contributed by atoms with van der Waals surface area (Å²) in [4.78, 5) is 11.2. The van der Waals surface area contributed by atoms with Gasteiger partial charge in [-0.3, -0.25) is 4.79 Å². The van der Waals surface area contributed by atoms with Crippen molar-refractivity contribution >= 4 is 23.2 Å². The molecule has 2 rings (SSSR count). The number of hydrogen-bond donors (Lipinski definition) is 2. The average Bonchev–Trinajstić information content (AvgIpc) is 2.53. The van der Waals surface area contributed by atoms with E-state index in [1.807, 2.05) is 42.5 Å². The third-order valence-corrected chi connectivity index (χ3v) is 3.55. The van der Waals surface area contributed by atoms with Gasteiger partial charge in [-0.25, -0.2) is 0 Å². The monoisotopic (exact) mass is 318 g/mol. The number of carbonyl (C=O) groups excluding carboxylic acids is 1. The van der Waals surface area contributed by atoms with Crippen LogP contribution in [0.5, 0.6) is 5.75 Å². The maximum Gasteiger partial charge on any atom is 0.220 e. The molecule has 4 nitrogen and oxygen atoms in total. The minimum atomic E-state index is 0.0154. The van der Waals surface area contributed by atoms with Gasteiger partial charge in [-0.05, 0) is 41.8 Å². The normalized spacial score (nSPS) is 10.3. The molecule has 0 spiro atoms. The number of halogens is 1. The molecule has 0 bridgehead atoms. The fourth-order valence-corrected chi connectivity index (χ4v) is 2.14. The van der Waals surface area contributed by atoms with Crippen molar-refractivity contribution < 1.29 is 9.53 Å². The van der Waals surface area contributed by atoms with E-state index in [2.05, 4.69) is 5.32 Å². The number of hydrogen-bond acceptors (Lipinski definition) is 3.